The van der Waals surface area contributed by atoms with E-state index in [-0.39, 0.29) is 5.91 Å². The second kappa shape index (κ2) is 9.47. The lowest BCUT2D eigenvalue weighted by atomic mass is 10.1. The van der Waals surface area contributed by atoms with Crippen LogP contribution in [0.1, 0.15) is 46.1 Å². The predicted octanol–water partition coefficient (Wildman–Crippen LogP) is 4.90. The summed E-state index contributed by atoms with van der Waals surface area (Å²) in [4.78, 5) is 24.8. The first-order valence-corrected chi connectivity index (χ1v) is 10.9. The summed E-state index contributed by atoms with van der Waals surface area (Å²) in [5.41, 5.74) is 3.73. The summed E-state index contributed by atoms with van der Waals surface area (Å²) in [5, 5.41) is 5.81. The van der Waals surface area contributed by atoms with Crippen molar-refractivity contribution in [3.63, 3.8) is 0 Å². The Balaban J connectivity index is 1.17. The van der Waals surface area contributed by atoms with E-state index in [0.717, 1.165) is 59.5 Å². The molecule has 0 spiro atoms. The normalized spacial score (nSPS) is 11.0. The van der Waals surface area contributed by atoms with Gasteiger partial charge in [-0.15, -0.1) is 11.3 Å². The van der Waals surface area contributed by atoms with Gasteiger partial charge in [0.2, 0.25) is 0 Å². The van der Waals surface area contributed by atoms with Gasteiger partial charge in [-0.05, 0) is 37.0 Å². The molecule has 0 unspecified atom stereocenters. The summed E-state index contributed by atoms with van der Waals surface area (Å²) in [7, 11) is 0. The fraction of sp³-hybridized carbons (Fsp3) is 0.261. The Kier molecular flexibility index (Phi) is 6.32. The summed E-state index contributed by atoms with van der Waals surface area (Å²) >= 11 is 1.57. The van der Waals surface area contributed by atoms with Crippen molar-refractivity contribution in [3.8, 4) is 0 Å². The van der Waals surface area contributed by atoms with Gasteiger partial charge < -0.3 is 10.3 Å². The van der Waals surface area contributed by atoms with E-state index < -0.39 is 0 Å². The number of nitrogens with one attached hydrogen (secondary N) is 2. The highest BCUT2D eigenvalue weighted by molar-refractivity contribution is 7.09. The number of H-pyrrole nitrogens is 1. The van der Waals surface area contributed by atoms with E-state index in [1.165, 1.54) is 0 Å². The number of nitrogens with zero attached hydrogens (tertiary/aromatic N) is 2. The highest BCUT2D eigenvalue weighted by atomic mass is 32.1. The van der Waals surface area contributed by atoms with Crippen molar-refractivity contribution in [2.45, 2.75) is 38.6 Å². The summed E-state index contributed by atoms with van der Waals surface area (Å²) in [6, 6.07) is 18.0. The van der Waals surface area contributed by atoms with Gasteiger partial charge in [-0.25, -0.2) is 9.97 Å². The van der Waals surface area contributed by atoms with Crippen molar-refractivity contribution in [1.29, 1.82) is 0 Å². The van der Waals surface area contributed by atoms with E-state index >= 15 is 0 Å². The molecule has 2 N–H and O–H groups in total. The van der Waals surface area contributed by atoms with Crippen LogP contribution in [0, 0.1) is 0 Å². The topological polar surface area (TPSA) is 70.7 Å². The van der Waals surface area contributed by atoms with Crippen molar-refractivity contribution < 1.29 is 4.79 Å². The number of para-hydroxylation sites is 2. The molecule has 29 heavy (non-hydrogen) atoms. The fourth-order valence-electron chi connectivity index (χ4n) is 3.27. The zero-order chi connectivity index (χ0) is 19.9. The molecule has 0 bridgehead atoms. The number of imidazole rings is 1. The first kappa shape index (κ1) is 19.3. The number of unbranched alkanes of at least 4 members (excludes halogenated alkanes) is 2. The Hall–Kier alpha value is -2.99. The van der Waals surface area contributed by atoms with Crippen molar-refractivity contribution in [3.05, 3.63) is 82.1 Å². The minimum Gasteiger partial charge on any atom is -0.347 e. The van der Waals surface area contributed by atoms with Gasteiger partial charge in [0.05, 0.1) is 16.0 Å². The number of carbonyl (C=O) groups is 1. The largest absolute Gasteiger partial charge is 0.347 e. The number of amides is 1. The van der Waals surface area contributed by atoms with Crippen LogP contribution < -0.4 is 5.32 Å². The van der Waals surface area contributed by atoms with Crippen LogP contribution in [-0.2, 0) is 19.4 Å². The van der Waals surface area contributed by atoms with Crippen LogP contribution in [-0.4, -0.2) is 20.9 Å². The summed E-state index contributed by atoms with van der Waals surface area (Å²) in [5.74, 6) is 0.944. The minimum atomic E-state index is -0.110. The van der Waals surface area contributed by atoms with Crippen molar-refractivity contribution in [1.82, 2.24) is 20.3 Å². The maximum absolute atomic E-state index is 12.3. The highest BCUT2D eigenvalue weighted by Gasteiger charge is 2.10. The molecule has 0 saturated carbocycles. The zero-order valence-corrected chi connectivity index (χ0v) is 17.0. The highest BCUT2D eigenvalue weighted by Crippen LogP contribution is 2.15. The average molecular weight is 405 g/mol. The van der Waals surface area contributed by atoms with E-state index in [1.54, 1.807) is 11.3 Å². The molecule has 0 aliphatic rings. The molecule has 0 radical (unpaired) electrons. The number of aryl methyl sites for hydroxylation is 2. The standard InChI is InChI=1S/C23H24N4OS/c28-23(24-15-17-9-3-1-4-10-17)20-16-29-22(27-20)14-6-2-5-13-21-25-18-11-7-8-12-19(18)26-21/h1,3-4,7-12,16H,2,5-6,13-15H2,(H,24,28)(H,25,26). The van der Waals surface area contributed by atoms with E-state index in [2.05, 4.69) is 26.3 Å². The fourth-order valence-corrected chi connectivity index (χ4v) is 4.09. The third-order valence-electron chi connectivity index (χ3n) is 4.82. The van der Waals surface area contributed by atoms with Crippen LogP contribution in [0.2, 0.25) is 0 Å². The number of aromatic nitrogens is 3. The maximum atomic E-state index is 12.3. The molecular formula is C23H24N4OS. The average Bonchev–Trinajstić information content (AvgIpc) is 3.39. The van der Waals surface area contributed by atoms with Crippen molar-refractivity contribution >= 4 is 28.3 Å². The van der Waals surface area contributed by atoms with Crippen molar-refractivity contribution in [2.75, 3.05) is 0 Å². The van der Waals surface area contributed by atoms with E-state index in [1.807, 2.05) is 53.9 Å². The second-order valence-electron chi connectivity index (χ2n) is 7.06. The quantitative estimate of drug-likeness (QED) is 0.390. The number of hydrogen-bond donors (Lipinski definition) is 2. The van der Waals surface area contributed by atoms with Gasteiger partial charge in [0.15, 0.2) is 0 Å². The molecular weight excluding hydrogens is 380 g/mol. The molecule has 0 aliphatic heterocycles. The third-order valence-corrected chi connectivity index (χ3v) is 5.73. The molecule has 2 heterocycles. The van der Waals surface area contributed by atoms with Crippen LogP contribution >= 0.6 is 11.3 Å². The minimum absolute atomic E-state index is 0.110. The monoisotopic (exact) mass is 404 g/mol. The molecule has 0 fully saturated rings. The number of thiazole rings is 1. The van der Waals surface area contributed by atoms with E-state index in [9.17, 15) is 4.79 Å². The smallest absolute Gasteiger partial charge is 0.271 e. The second-order valence-corrected chi connectivity index (χ2v) is 8.00. The number of aromatic amines is 1. The van der Waals surface area contributed by atoms with Crippen molar-refractivity contribution in [2.24, 2.45) is 0 Å². The number of benzene rings is 2. The molecule has 0 atom stereocenters. The van der Waals surface area contributed by atoms with Gasteiger partial charge in [0.1, 0.15) is 11.5 Å². The molecule has 2 aromatic heterocycles. The summed E-state index contributed by atoms with van der Waals surface area (Å²) in [6.07, 6.45) is 5.15. The Morgan fingerprint density at radius 1 is 0.931 bits per heavy atom. The Labute approximate surface area is 174 Å². The zero-order valence-electron chi connectivity index (χ0n) is 16.2. The van der Waals surface area contributed by atoms with E-state index in [4.69, 9.17) is 0 Å². The molecule has 148 valence electrons. The van der Waals surface area contributed by atoms with Gasteiger partial charge in [0, 0.05) is 18.3 Å². The lowest BCUT2D eigenvalue weighted by Gasteiger charge is -2.03. The van der Waals surface area contributed by atoms with Crippen LogP contribution in [0.5, 0.6) is 0 Å². The Morgan fingerprint density at radius 3 is 2.59 bits per heavy atom. The van der Waals surface area contributed by atoms with Crippen LogP contribution in [0.15, 0.2) is 60.0 Å². The maximum Gasteiger partial charge on any atom is 0.271 e. The number of carbonyl (C=O) groups excluding carboxylic acids is 1. The molecule has 0 saturated heterocycles. The number of rotatable bonds is 9. The molecule has 1 amide bonds. The lowest BCUT2D eigenvalue weighted by molar-refractivity contribution is 0.0946. The first-order valence-electron chi connectivity index (χ1n) is 9.98. The molecule has 5 nitrogen and oxygen atoms in total. The number of fused-ring (bicyclic) bond motifs is 1. The Morgan fingerprint density at radius 2 is 1.72 bits per heavy atom. The van der Waals surface area contributed by atoms with E-state index in [0.29, 0.717) is 12.2 Å². The molecule has 4 rings (SSSR count). The lowest BCUT2D eigenvalue weighted by Crippen LogP contribution is -2.23. The SMILES string of the molecule is O=C(NCc1ccccc1)c1csc(CCCCCc2nc3ccccc3[nH]2)n1. The van der Waals surface area contributed by atoms with Crippen LogP contribution in [0.3, 0.4) is 0 Å². The van der Waals surface area contributed by atoms with Gasteiger partial charge >= 0.3 is 0 Å². The molecule has 4 aromatic rings. The summed E-state index contributed by atoms with van der Waals surface area (Å²) in [6.45, 7) is 0.522. The van der Waals surface area contributed by atoms with Gasteiger partial charge in [0.25, 0.3) is 5.91 Å². The first-order chi connectivity index (χ1) is 14.3. The van der Waals surface area contributed by atoms with Crippen LogP contribution in [0.25, 0.3) is 11.0 Å². The van der Waals surface area contributed by atoms with Gasteiger partial charge in [-0.2, -0.15) is 0 Å². The molecule has 0 aliphatic carbocycles. The summed E-state index contributed by atoms with van der Waals surface area (Å²) < 4.78 is 0. The number of hydrogen-bond acceptors (Lipinski definition) is 4. The Bertz CT molecular complexity index is 1040. The third kappa shape index (κ3) is 5.29. The van der Waals surface area contributed by atoms with Gasteiger partial charge in [-0.1, -0.05) is 48.9 Å². The van der Waals surface area contributed by atoms with Gasteiger partial charge in [-0.3, -0.25) is 4.79 Å². The predicted molar refractivity (Wildman–Crippen MR) is 117 cm³/mol. The van der Waals surface area contributed by atoms with Crippen LogP contribution in [0.4, 0.5) is 0 Å². The molecule has 6 heteroatoms. The molecule has 2 aromatic carbocycles.